The van der Waals surface area contributed by atoms with Crippen LogP contribution in [0.4, 0.5) is 0 Å². The highest BCUT2D eigenvalue weighted by Crippen LogP contribution is 2.27. The molecule has 0 bridgehead atoms. The van der Waals surface area contributed by atoms with Crippen molar-refractivity contribution in [2.24, 2.45) is 5.92 Å². The van der Waals surface area contributed by atoms with Crippen molar-refractivity contribution in [3.8, 4) is 0 Å². The van der Waals surface area contributed by atoms with Gasteiger partial charge in [0.25, 0.3) is 0 Å². The molecule has 2 heteroatoms. The third kappa shape index (κ3) is 3.41. The lowest BCUT2D eigenvalue weighted by atomic mass is 9.85. The van der Waals surface area contributed by atoms with Crippen molar-refractivity contribution in [2.45, 2.75) is 52.5 Å². The number of hydrogen-bond acceptors (Lipinski definition) is 2. The quantitative estimate of drug-likeness (QED) is 0.652. The molecular formula is C12H23NO. The normalized spacial score (nSPS) is 19.4. The molecule has 0 N–H and O–H groups in total. The maximum absolute atomic E-state index is 11.0. The molecule has 0 amide bonds. The summed E-state index contributed by atoms with van der Waals surface area (Å²) in [5, 5.41) is 0. The van der Waals surface area contributed by atoms with E-state index in [-0.39, 0.29) is 0 Å². The summed E-state index contributed by atoms with van der Waals surface area (Å²) in [7, 11) is 0. The number of rotatable bonds is 6. The van der Waals surface area contributed by atoms with Crippen molar-refractivity contribution >= 4 is 5.78 Å². The van der Waals surface area contributed by atoms with E-state index in [4.69, 9.17) is 0 Å². The van der Waals surface area contributed by atoms with Gasteiger partial charge >= 0.3 is 0 Å². The van der Waals surface area contributed by atoms with E-state index >= 15 is 0 Å². The lowest BCUT2D eigenvalue weighted by Gasteiger charge is -2.35. The second kappa shape index (κ2) is 5.50. The SMILES string of the molecule is CCN(CC1CCC1)C(C)CC(C)=O. The average Bonchev–Trinajstić information content (AvgIpc) is 2.01. The topological polar surface area (TPSA) is 20.3 Å². The van der Waals surface area contributed by atoms with E-state index in [1.807, 2.05) is 0 Å². The number of ketones is 1. The first kappa shape index (κ1) is 11.7. The molecule has 0 aliphatic heterocycles. The molecule has 0 radical (unpaired) electrons. The second-order valence-corrected chi connectivity index (χ2v) is 4.64. The van der Waals surface area contributed by atoms with Crippen molar-refractivity contribution in [3.05, 3.63) is 0 Å². The molecule has 1 atom stereocenters. The minimum atomic E-state index is 0.310. The molecule has 14 heavy (non-hydrogen) atoms. The number of Topliss-reactive ketones (excluding diaryl/α,β-unsaturated/α-hetero) is 1. The van der Waals surface area contributed by atoms with Gasteiger partial charge in [0.15, 0.2) is 0 Å². The molecule has 0 heterocycles. The van der Waals surface area contributed by atoms with Gasteiger partial charge in [-0.2, -0.15) is 0 Å². The highest BCUT2D eigenvalue weighted by molar-refractivity contribution is 5.76. The Kier molecular flexibility index (Phi) is 4.59. The summed E-state index contributed by atoms with van der Waals surface area (Å²) in [5.74, 6) is 1.22. The number of hydrogen-bond donors (Lipinski definition) is 0. The minimum absolute atomic E-state index is 0.310. The molecule has 0 saturated heterocycles. The van der Waals surface area contributed by atoms with Gasteiger partial charge in [0, 0.05) is 19.0 Å². The number of carbonyl (C=O) groups is 1. The molecule has 1 fully saturated rings. The maximum Gasteiger partial charge on any atom is 0.131 e. The molecule has 2 nitrogen and oxygen atoms in total. The first-order chi connectivity index (χ1) is 6.63. The van der Waals surface area contributed by atoms with Gasteiger partial charge < -0.3 is 4.90 Å². The first-order valence-electron chi connectivity index (χ1n) is 5.87. The molecule has 0 aromatic heterocycles. The van der Waals surface area contributed by atoms with Gasteiger partial charge in [-0.15, -0.1) is 0 Å². The zero-order valence-corrected chi connectivity index (χ0v) is 9.75. The molecule has 0 aromatic rings. The Morgan fingerprint density at radius 3 is 2.50 bits per heavy atom. The van der Waals surface area contributed by atoms with Crippen LogP contribution in [-0.4, -0.2) is 29.8 Å². The maximum atomic E-state index is 11.0. The van der Waals surface area contributed by atoms with E-state index in [0.717, 1.165) is 12.5 Å². The van der Waals surface area contributed by atoms with Crippen LogP contribution in [0.5, 0.6) is 0 Å². The van der Waals surface area contributed by atoms with Crippen LogP contribution in [0.25, 0.3) is 0 Å². The molecule has 1 rings (SSSR count). The molecule has 0 spiro atoms. The van der Waals surface area contributed by atoms with Crippen molar-refractivity contribution in [1.29, 1.82) is 0 Å². The molecule has 1 aliphatic rings. The van der Waals surface area contributed by atoms with Gasteiger partial charge in [0.05, 0.1) is 0 Å². The van der Waals surface area contributed by atoms with E-state index in [2.05, 4.69) is 18.7 Å². The molecule has 1 saturated carbocycles. The van der Waals surface area contributed by atoms with Crippen LogP contribution in [0.15, 0.2) is 0 Å². The predicted molar refractivity (Wildman–Crippen MR) is 59.3 cm³/mol. The van der Waals surface area contributed by atoms with Crippen molar-refractivity contribution < 1.29 is 4.79 Å². The zero-order valence-electron chi connectivity index (χ0n) is 9.75. The van der Waals surface area contributed by atoms with Gasteiger partial charge in [0.1, 0.15) is 5.78 Å². The summed E-state index contributed by atoms with van der Waals surface area (Å²) >= 11 is 0. The number of carbonyl (C=O) groups excluding carboxylic acids is 1. The third-order valence-electron chi connectivity index (χ3n) is 3.33. The van der Waals surface area contributed by atoms with Crippen LogP contribution >= 0.6 is 0 Å². The first-order valence-corrected chi connectivity index (χ1v) is 5.87. The third-order valence-corrected chi connectivity index (χ3v) is 3.33. The lowest BCUT2D eigenvalue weighted by Crippen LogP contribution is -2.39. The Hall–Kier alpha value is -0.370. The van der Waals surface area contributed by atoms with Gasteiger partial charge in [-0.05, 0) is 39.2 Å². The summed E-state index contributed by atoms with van der Waals surface area (Å²) in [5.41, 5.74) is 0. The Labute approximate surface area is 87.7 Å². The lowest BCUT2D eigenvalue weighted by molar-refractivity contribution is -0.118. The van der Waals surface area contributed by atoms with Gasteiger partial charge in [-0.25, -0.2) is 0 Å². The smallest absolute Gasteiger partial charge is 0.131 e. The van der Waals surface area contributed by atoms with E-state index in [9.17, 15) is 4.79 Å². The van der Waals surface area contributed by atoms with E-state index in [1.165, 1.54) is 25.8 Å². The summed E-state index contributed by atoms with van der Waals surface area (Å²) in [6.45, 7) is 8.32. The van der Waals surface area contributed by atoms with Gasteiger partial charge in [-0.3, -0.25) is 4.79 Å². The molecular weight excluding hydrogens is 174 g/mol. The van der Waals surface area contributed by atoms with E-state index < -0.39 is 0 Å². The fraction of sp³-hybridized carbons (Fsp3) is 0.917. The minimum Gasteiger partial charge on any atom is -0.300 e. The van der Waals surface area contributed by atoms with Gasteiger partial charge in [-0.1, -0.05) is 13.3 Å². The molecule has 1 unspecified atom stereocenters. The summed E-state index contributed by atoms with van der Waals surface area (Å²) in [6, 6.07) is 0.429. The highest BCUT2D eigenvalue weighted by Gasteiger charge is 2.22. The monoisotopic (exact) mass is 197 g/mol. The molecule has 82 valence electrons. The van der Waals surface area contributed by atoms with Gasteiger partial charge in [0.2, 0.25) is 0 Å². The summed E-state index contributed by atoms with van der Waals surface area (Å²) in [6.07, 6.45) is 4.90. The number of nitrogens with zero attached hydrogens (tertiary/aromatic N) is 1. The molecule has 1 aliphatic carbocycles. The van der Waals surface area contributed by atoms with Crippen LogP contribution in [0, 0.1) is 5.92 Å². The van der Waals surface area contributed by atoms with Crippen LogP contribution < -0.4 is 0 Å². The average molecular weight is 197 g/mol. The fourth-order valence-corrected chi connectivity index (χ4v) is 2.17. The van der Waals surface area contributed by atoms with E-state index in [1.54, 1.807) is 6.92 Å². The van der Waals surface area contributed by atoms with Crippen molar-refractivity contribution in [1.82, 2.24) is 4.90 Å². The Bertz CT molecular complexity index is 187. The zero-order chi connectivity index (χ0) is 10.6. The molecule has 0 aromatic carbocycles. The van der Waals surface area contributed by atoms with Crippen LogP contribution in [0.2, 0.25) is 0 Å². The highest BCUT2D eigenvalue weighted by atomic mass is 16.1. The Balaban J connectivity index is 2.30. The standard InChI is InChI=1S/C12H23NO/c1-4-13(9-12-6-5-7-12)10(2)8-11(3)14/h10,12H,4-9H2,1-3H3. The van der Waals surface area contributed by atoms with Crippen molar-refractivity contribution in [2.75, 3.05) is 13.1 Å². The summed E-state index contributed by atoms with van der Waals surface area (Å²) in [4.78, 5) is 13.5. The van der Waals surface area contributed by atoms with Crippen LogP contribution in [0.3, 0.4) is 0 Å². The largest absolute Gasteiger partial charge is 0.300 e. The predicted octanol–water partition coefficient (Wildman–Crippen LogP) is 2.48. The Morgan fingerprint density at radius 2 is 2.14 bits per heavy atom. The van der Waals surface area contributed by atoms with Crippen LogP contribution in [-0.2, 0) is 4.79 Å². The van der Waals surface area contributed by atoms with E-state index in [0.29, 0.717) is 18.2 Å². The summed E-state index contributed by atoms with van der Waals surface area (Å²) < 4.78 is 0. The Morgan fingerprint density at radius 1 is 1.50 bits per heavy atom. The van der Waals surface area contributed by atoms with Crippen molar-refractivity contribution in [3.63, 3.8) is 0 Å². The van der Waals surface area contributed by atoms with Crippen LogP contribution in [0.1, 0.15) is 46.5 Å². The fourth-order valence-electron chi connectivity index (χ4n) is 2.17. The second-order valence-electron chi connectivity index (χ2n) is 4.64.